The van der Waals surface area contributed by atoms with E-state index in [0.29, 0.717) is 16.8 Å². The van der Waals surface area contributed by atoms with Crippen LogP contribution in [0.25, 0.3) is 11.1 Å². The van der Waals surface area contributed by atoms with Crippen LogP contribution >= 0.6 is 12.2 Å². The fraction of sp³-hybridized carbons (Fsp3) is 0.0690. The molecule has 0 aliphatic heterocycles. The number of benzene rings is 4. The van der Waals surface area contributed by atoms with Crippen LogP contribution in [0, 0.1) is 0 Å². The topological polar surface area (TPSA) is 70.2 Å². The van der Waals surface area contributed by atoms with Crippen LogP contribution in [0.1, 0.15) is 39.2 Å². The van der Waals surface area contributed by atoms with E-state index in [0.717, 1.165) is 16.7 Å². The number of hydrogen-bond donors (Lipinski definition) is 3. The number of anilines is 1. The highest BCUT2D eigenvalue weighted by Crippen LogP contribution is 2.19. The van der Waals surface area contributed by atoms with E-state index >= 15 is 0 Å². The molecule has 35 heavy (non-hydrogen) atoms. The second-order valence-electron chi connectivity index (χ2n) is 8.04. The average molecular weight is 480 g/mol. The molecule has 4 aromatic rings. The first-order chi connectivity index (χ1) is 17.0. The molecular weight excluding hydrogens is 454 g/mol. The minimum absolute atomic E-state index is 0.131. The van der Waals surface area contributed by atoms with Crippen LogP contribution in [0.4, 0.5) is 5.69 Å². The van der Waals surface area contributed by atoms with Crippen molar-refractivity contribution in [3.05, 3.63) is 126 Å². The maximum atomic E-state index is 12.7. The van der Waals surface area contributed by atoms with Gasteiger partial charge in [0.05, 0.1) is 6.04 Å². The molecule has 0 spiro atoms. The highest BCUT2D eigenvalue weighted by Gasteiger charge is 2.13. The zero-order valence-electron chi connectivity index (χ0n) is 19.2. The Morgan fingerprint density at radius 1 is 0.686 bits per heavy atom. The van der Waals surface area contributed by atoms with Crippen molar-refractivity contribution >= 4 is 34.8 Å². The standard InChI is InChI=1S/C29H25N3O2S/c1-20(21-9-4-2-5-10-21)30-28(34)25-13-8-14-26(19-25)31-29(35)32-27(33)24-17-15-23(16-18-24)22-11-6-3-7-12-22/h2-20H,1H3,(H,30,34)(H2,31,32,33,35). The summed E-state index contributed by atoms with van der Waals surface area (Å²) in [6.45, 7) is 1.94. The third kappa shape index (κ3) is 6.40. The summed E-state index contributed by atoms with van der Waals surface area (Å²) >= 11 is 5.31. The molecule has 2 amide bonds. The van der Waals surface area contributed by atoms with Crippen molar-refractivity contribution in [2.75, 3.05) is 5.32 Å². The summed E-state index contributed by atoms with van der Waals surface area (Å²) in [6, 6.07) is 33.9. The molecule has 0 fully saturated rings. The molecule has 1 atom stereocenters. The molecule has 0 aliphatic carbocycles. The van der Waals surface area contributed by atoms with E-state index in [1.807, 2.05) is 79.7 Å². The van der Waals surface area contributed by atoms with E-state index in [1.165, 1.54) is 0 Å². The fourth-order valence-corrected chi connectivity index (χ4v) is 3.84. The summed E-state index contributed by atoms with van der Waals surface area (Å²) in [5.41, 5.74) is 4.73. The van der Waals surface area contributed by atoms with Gasteiger partial charge < -0.3 is 10.6 Å². The van der Waals surface area contributed by atoms with E-state index in [2.05, 4.69) is 16.0 Å². The molecule has 1 unspecified atom stereocenters. The first kappa shape index (κ1) is 23.9. The Kier molecular flexibility index (Phi) is 7.65. The van der Waals surface area contributed by atoms with Crippen LogP contribution in [0.15, 0.2) is 109 Å². The second-order valence-corrected chi connectivity index (χ2v) is 8.45. The summed E-state index contributed by atoms with van der Waals surface area (Å²) in [5, 5.41) is 8.81. The van der Waals surface area contributed by atoms with Crippen molar-refractivity contribution in [3.63, 3.8) is 0 Å². The highest BCUT2D eigenvalue weighted by molar-refractivity contribution is 7.80. The van der Waals surface area contributed by atoms with Gasteiger partial charge in [-0.2, -0.15) is 0 Å². The molecule has 4 rings (SSSR count). The molecule has 0 saturated heterocycles. The van der Waals surface area contributed by atoms with Crippen LogP contribution in [-0.4, -0.2) is 16.9 Å². The third-order valence-corrected chi connectivity index (χ3v) is 5.72. The predicted octanol–water partition coefficient (Wildman–Crippen LogP) is 5.97. The van der Waals surface area contributed by atoms with Gasteiger partial charge in [-0.25, -0.2) is 0 Å². The molecular formula is C29H25N3O2S. The lowest BCUT2D eigenvalue weighted by atomic mass is 10.0. The Morgan fingerprint density at radius 3 is 2.00 bits per heavy atom. The molecule has 0 aromatic heterocycles. The number of amides is 2. The number of rotatable bonds is 6. The van der Waals surface area contributed by atoms with Crippen molar-refractivity contribution in [1.82, 2.24) is 10.6 Å². The van der Waals surface area contributed by atoms with Gasteiger partial charge in [0.25, 0.3) is 11.8 Å². The molecule has 0 radical (unpaired) electrons. The molecule has 0 bridgehead atoms. The van der Waals surface area contributed by atoms with E-state index in [9.17, 15) is 9.59 Å². The van der Waals surface area contributed by atoms with E-state index in [-0.39, 0.29) is 23.0 Å². The lowest BCUT2D eigenvalue weighted by Crippen LogP contribution is -2.34. The van der Waals surface area contributed by atoms with Crippen molar-refractivity contribution in [2.24, 2.45) is 0 Å². The van der Waals surface area contributed by atoms with Gasteiger partial charge in [0.15, 0.2) is 5.11 Å². The van der Waals surface area contributed by atoms with E-state index < -0.39 is 0 Å². The number of carbonyl (C=O) groups is 2. The molecule has 0 saturated carbocycles. The quantitative estimate of drug-likeness (QED) is 0.298. The normalized spacial score (nSPS) is 11.2. The Morgan fingerprint density at radius 2 is 1.31 bits per heavy atom. The smallest absolute Gasteiger partial charge is 0.257 e. The first-order valence-corrected chi connectivity index (χ1v) is 11.6. The lowest BCUT2D eigenvalue weighted by Gasteiger charge is -2.15. The number of hydrogen-bond acceptors (Lipinski definition) is 3. The van der Waals surface area contributed by atoms with Crippen LogP contribution in [0.3, 0.4) is 0 Å². The predicted molar refractivity (Wildman–Crippen MR) is 144 cm³/mol. The molecule has 4 aromatic carbocycles. The van der Waals surface area contributed by atoms with Crippen LogP contribution in [0.2, 0.25) is 0 Å². The molecule has 3 N–H and O–H groups in total. The van der Waals surface area contributed by atoms with Gasteiger partial charge in [0.2, 0.25) is 0 Å². The van der Waals surface area contributed by atoms with Gasteiger partial charge in [-0.05, 0) is 66.2 Å². The minimum Gasteiger partial charge on any atom is -0.346 e. The maximum absolute atomic E-state index is 12.7. The molecule has 0 heterocycles. The zero-order chi connectivity index (χ0) is 24.6. The van der Waals surface area contributed by atoms with Crippen molar-refractivity contribution in [1.29, 1.82) is 0 Å². The molecule has 0 aliphatic rings. The summed E-state index contributed by atoms with van der Waals surface area (Å²) in [4.78, 5) is 25.3. The SMILES string of the molecule is CC(NC(=O)c1cccc(NC(=S)NC(=O)c2ccc(-c3ccccc3)cc2)c1)c1ccccc1. The summed E-state index contributed by atoms with van der Waals surface area (Å²) in [7, 11) is 0. The van der Waals surface area contributed by atoms with Crippen molar-refractivity contribution < 1.29 is 9.59 Å². The third-order valence-electron chi connectivity index (χ3n) is 5.51. The Labute approximate surface area is 210 Å². The fourth-order valence-electron chi connectivity index (χ4n) is 3.63. The van der Waals surface area contributed by atoms with Gasteiger partial charge in [-0.3, -0.25) is 14.9 Å². The molecule has 174 valence electrons. The summed E-state index contributed by atoms with van der Waals surface area (Å²) in [5.74, 6) is -0.508. The van der Waals surface area contributed by atoms with Gasteiger partial charge in [0.1, 0.15) is 0 Å². The zero-order valence-corrected chi connectivity index (χ0v) is 20.0. The second kappa shape index (κ2) is 11.2. The van der Waals surface area contributed by atoms with Gasteiger partial charge >= 0.3 is 0 Å². The van der Waals surface area contributed by atoms with Crippen molar-refractivity contribution in [2.45, 2.75) is 13.0 Å². The van der Waals surface area contributed by atoms with Gasteiger partial charge in [-0.1, -0.05) is 78.9 Å². The van der Waals surface area contributed by atoms with Crippen molar-refractivity contribution in [3.8, 4) is 11.1 Å². The summed E-state index contributed by atoms with van der Waals surface area (Å²) < 4.78 is 0. The van der Waals surface area contributed by atoms with Crippen LogP contribution in [-0.2, 0) is 0 Å². The van der Waals surface area contributed by atoms with Gasteiger partial charge in [-0.15, -0.1) is 0 Å². The van der Waals surface area contributed by atoms with Crippen LogP contribution in [0.5, 0.6) is 0 Å². The number of thiocarbonyl (C=S) groups is 1. The minimum atomic E-state index is -0.312. The lowest BCUT2D eigenvalue weighted by molar-refractivity contribution is 0.0938. The summed E-state index contributed by atoms with van der Waals surface area (Å²) in [6.07, 6.45) is 0. The highest BCUT2D eigenvalue weighted by atomic mass is 32.1. The number of carbonyl (C=O) groups excluding carboxylic acids is 2. The Bertz CT molecular complexity index is 1320. The molecule has 5 nitrogen and oxygen atoms in total. The Balaban J connectivity index is 1.34. The number of nitrogens with one attached hydrogen (secondary N) is 3. The molecule has 6 heteroatoms. The van der Waals surface area contributed by atoms with E-state index in [4.69, 9.17) is 12.2 Å². The average Bonchev–Trinajstić information content (AvgIpc) is 2.90. The maximum Gasteiger partial charge on any atom is 0.257 e. The Hall–Kier alpha value is -4.29. The largest absolute Gasteiger partial charge is 0.346 e. The van der Waals surface area contributed by atoms with Gasteiger partial charge in [0, 0.05) is 16.8 Å². The van der Waals surface area contributed by atoms with E-state index in [1.54, 1.807) is 36.4 Å². The van der Waals surface area contributed by atoms with Crippen LogP contribution < -0.4 is 16.0 Å². The first-order valence-electron chi connectivity index (χ1n) is 11.2. The monoisotopic (exact) mass is 479 g/mol.